The molecule has 0 aliphatic carbocycles. The number of fused-ring (bicyclic) bond motifs is 1. The smallest absolute Gasteiger partial charge is 0.408 e. The fraction of sp³-hybridized carbons (Fsp3) is 0.333. The van der Waals surface area contributed by atoms with Crippen LogP contribution >= 0.6 is 0 Å². The van der Waals surface area contributed by atoms with E-state index in [2.05, 4.69) is 10.3 Å². The zero-order chi connectivity index (χ0) is 35.1. The Balaban J connectivity index is 1.49. The molecule has 9 nitrogen and oxygen atoms in total. The molecule has 1 saturated heterocycles. The Morgan fingerprint density at radius 1 is 1.06 bits per heavy atom. The Kier molecular flexibility index (Phi) is 9.42. The van der Waals surface area contributed by atoms with Crippen LogP contribution in [-0.2, 0) is 18.3 Å². The molecule has 1 amide bonds. The highest BCUT2D eigenvalue weighted by molar-refractivity contribution is 6.00. The summed E-state index contributed by atoms with van der Waals surface area (Å²) in [6.07, 6.45) is -3.74. The predicted molar refractivity (Wildman–Crippen MR) is 167 cm³/mol. The summed E-state index contributed by atoms with van der Waals surface area (Å²) in [6.45, 7) is 4.47. The van der Waals surface area contributed by atoms with Gasteiger partial charge in [-0.25, -0.2) is 18.0 Å². The molecule has 1 aliphatic rings. The number of halogens is 6. The van der Waals surface area contributed by atoms with E-state index in [-0.39, 0.29) is 22.0 Å². The largest absolute Gasteiger partial charge is 0.480 e. The van der Waals surface area contributed by atoms with Crippen molar-refractivity contribution >= 4 is 34.2 Å². The molecule has 0 unspecified atom stereocenters. The lowest BCUT2D eigenvalue weighted by Gasteiger charge is -2.35. The van der Waals surface area contributed by atoms with Crippen LogP contribution in [0.25, 0.3) is 22.0 Å². The Bertz CT molecular complexity index is 1950. The number of carboxylic acids is 1. The van der Waals surface area contributed by atoms with Crippen LogP contribution in [0.5, 0.6) is 0 Å². The quantitative estimate of drug-likeness (QED) is 0.184. The van der Waals surface area contributed by atoms with Crippen LogP contribution in [-0.4, -0.2) is 57.9 Å². The predicted octanol–water partition coefficient (Wildman–Crippen LogP) is 5.71. The Morgan fingerprint density at radius 2 is 1.73 bits per heavy atom. The molecule has 4 aromatic rings. The minimum Gasteiger partial charge on any atom is -0.480 e. The maximum Gasteiger partial charge on any atom is 0.408 e. The average Bonchev–Trinajstić information content (AvgIpc) is 2.97. The van der Waals surface area contributed by atoms with Crippen molar-refractivity contribution in [2.45, 2.75) is 51.4 Å². The summed E-state index contributed by atoms with van der Waals surface area (Å²) in [5, 5.41) is 14.1. The zero-order valence-electron chi connectivity index (χ0n) is 26.0. The van der Waals surface area contributed by atoms with Crippen molar-refractivity contribution < 1.29 is 41.0 Å². The molecule has 0 radical (unpaired) electrons. The van der Waals surface area contributed by atoms with Crippen molar-refractivity contribution in [1.29, 1.82) is 0 Å². The molecule has 0 bridgehead atoms. The van der Waals surface area contributed by atoms with Crippen molar-refractivity contribution in [3.8, 4) is 11.1 Å². The first-order valence-corrected chi connectivity index (χ1v) is 15.0. The number of anilines is 2. The molecule has 1 fully saturated rings. The third-order valence-corrected chi connectivity index (χ3v) is 8.46. The number of nitrogens with one attached hydrogen (secondary N) is 2. The Labute approximate surface area is 270 Å². The highest BCUT2D eigenvalue weighted by atomic mass is 19.4. The third kappa shape index (κ3) is 6.66. The van der Waals surface area contributed by atoms with Crippen LogP contribution in [0.3, 0.4) is 0 Å². The number of carboxylic acid groups (broad SMARTS) is 1. The van der Waals surface area contributed by atoms with E-state index < -0.39 is 71.7 Å². The van der Waals surface area contributed by atoms with Gasteiger partial charge in [0, 0.05) is 48.9 Å². The van der Waals surface area contributed by atoms with E-state index in [0.717, 1.165) is 37.5 Å². The molecule has 48 heavy (non-hydrogen) atoms. The van der Waals surface area contributed by atoms with Gasteiger partial charge in [-0.15, -0.1) is 0 Å². The van der Waals surface area contributed by atoms with E-state index in [1.165, 1.54) is 17.6 Å². The van der Waals surface area contributed by atoms with Crippen LogP contribution in [0.15, 0.2) is 47.4 Å². The number of pyridine rings is 2. The third-order valence-electron chi connectivity index (χ3n) is 8.46. The van der Waals surface area contributed by atoms with Crippen molar-refractivity contribution in [2.24, 2.45) is 7.05 Å². The number of benzene rings is 2. The number of aromatic nitrogens is 2. The molecule has 2 aromatic heterocycles. The minimum absolute atomic E-state index is 0.146. The summed E-state index contributed by atoms with van der Waals surface area (Å²) in [7, 11) is 1.62. The monoisotopic (exact) mass is 675 g/mol. The highest BCUT2D eigenvalue weighted by Gasteiger charge is 2.38. The molecule has 1 aliphatic heterocycles. The number of alkyl halides is 3. The molecule has 0 spiro atoms. The second kappa shape index (κ2) is 13.2. The van der Waals surface area contributed by atoms with Crippen molar-refractivity contribution in [2.75, 3.05) is 23.3 Å². The molecule has 0 saturated carbocycles. The highest BCUT2D eigenvalue weighted by Crippen LogP contribution is 2.36. The summed E-state index contributed by atoms with van der Waals surface area (Å²) in [5.74, 6) is -6.86. The normalized spacial score (nSPS) is 14.4. The molecular formula is C33H31F6N5O4. The topological polar surface area (TPSA) is 117 Å². The van der Waals surface area contributed by atoms with Crippen molar-refractivity contribution in [1.82, 2.24) is 14.9 Å². The number of carbonyl (C=O) groups excluding carboxylic acids is 1. The van der Waals surface area contributed by atoms with Gasteiger partial charge in [-0.05, 0) is 49.6 Å². The van der Waals surface area contributed by atoms with Gasteiger partial charge in [-0.1, -0.05) is 19.1 Å². The fourth-order valence-electron chi connectivity index (χ4n) is 5.64. The SMILES string of the molecule is CC[C@@H](Nc1cc(F)c(C(=O)N[C@@H](Cc2ccc(-c3c(N4CCC4)cc(C)n(C)c3=O)c3ncc(F)cc23)C(=O)O)c(F)c1)C(F)(F)F. The molecule has 15 heteroatoms. The Hall–Kier alpha value is -5.08. The molecule has 254 valence electrons. The number of aryl methyl sites for hydroxylation is 1. The van der Waals surface area contributed by atoms with Crippen LogP contribution in [0, 0.1) is 24.4 Å². The zero-order valence-corrected chi connectivity index (χ0v) is 26.0. The van der Waals surface area contributed by atoms with E-state index in [1.54, 1.807) is 20.0 Å². The maximum atomic E-state index is 14.9. The first-order chi connectivity index (χ1) is 22.6. The standard InChI is InChI=1S/C33H31F6N5O4/c1-4-26(33(37,38)39)41-19-13-22(35)28(23(36)14-19)30(45)42-24(32(47)48)11-17-6-7-20(29-21(17)12-18(34)15-40-29)27-25(44-8-5-9-44)10-16(2)43(3)31(27)46/h6-7,10,12-15,24,26,41H,4-5,8-9,11H2,1-3H3,(H,42,45)(H,47,48)/t24-,26+/m0/s1. The van der Waals surface area contributed by atoms with E-state index in [1.807, 2.05) is 16.3 Å². The lowest BCUT2D eigenvalue weighted by molar-refractivity contribution is -0.143. The van der Waals surface area contributed by atoms with Crippen LogP contribution in [0.2, 0.25) is 0 Å². The van der Waals surface area contributed by atoms with Gasteiger partial charge in [0.05, 0.1) is 23.0 Å². The second-order valence-electron chi connectivity index (χ2n) is 11.6. The number of nitrogens with zero attached hydrogens (tertiary/aromatic N) is 3. The van der Waals surface area contributed by atoms with Crippen LogP contribution in [0.4, 0.5) is 37.7 Å². The number of hydrogen-bond donors (Lipinski definition) is 3. The van der Waals surface area contributed by atoms with Crippen LogP contribution < -0.4 is 21.1 Å². The number of carbonyl (C=O) groups is 2. The number of rotatable bonds is 10. The van der Waals surface area contributed by atoms with E-state index in [0.29, 0.717) is 28.9 Å². The molecule has 2 atom stereocenters. The van der Waals surface area contributed by atoms with Crippen LogP contribution in [0.1, 0.15) is 41.4 Å². The van der Waals surface area contributed by atoms with Gasteiger partial charge in [0.15, 0.2) is 0 Å². The van der Waals surface area contributed by atoms with E-state index >= 15 is 0 Å². The van der Waals surface area contributed by atoms with Gasteiger partial charge in [-0.3, -0.25) is 14.6 Å². The minimum atomic E-state index is -4.71. The summed E-state index contributed by atoms with van der Waals surface area (Å²) in [6, 6.07) is 3.11. The van der Waals surface area contributed by atoms with Gasteiger partial charge in [0.1, 0.15) is 35.1 Å². The fourth-order valence-corrected chi connectivity index (χ4v) is 5.64. The molecule has 2 aromatic carbocycles. The van der Waals surface area contributed by atoms with E-state index in [4.69, 9.17) is 0 Å². The van der Waals surface area contributed by atoms with Gasteiger partial charge < -0.3 is 25.2 Å². The summed E-state index contributed by atoms with van der Waals surface area (Å²) in [4.78, 5) is 45.0. The van der Waals surface area contributed by atoms with E-state index in [9.17, 15) is 45.8 Å². The molecule has 5 rings (SSSR count). The maximum absolute atomic E-state index is 14.9. The van der Waals surface area contributed by atoms with Crippen molar-refractivity contribution in [3.63, 3.8) is 0 Å². The first-order valence-electron chi connectivity index (χ1n) is 15.0. The van der Waals surface area contributed by atoms with Gasteiger partial charge in [0.2, 0.25) is 0 Å². The van der Waals surface area contributed by atoms with Crippen molar-refractivity contribution in [3.05, 3.63) is 87.2 Å². The lowest BCUT2D eigenvalue weighted by atomic mass is 9.94. The lowest BCUT2D eigenvalue weighted by Crippen LogP contribution is -2.43. The average molecular weight is 676 g/mol. The Morgan fingerprint density at radius 3 is 2.29 bits per heavy atom. The number of hydrogen-bond acceptors (Lipinski definition) is 6. The van der Waals surface area contributed by atoms with Gasteiger partial charge in [0.25, 0.3) is 11.5 Å². The molecule has 3 N–H and O–H groups in total. The number of amides is 1. The summed E-state index contributed by atoms with van der Waals surface area (Å²) < 4.78 is 85.3. The summed E-state index contributed by atoms with van der Waals surface area (Å²) in [5.41, 5.74) is 0.393. The van der Waals surface area contributed by atoms with Gasteiger partial charge in [-0.2, -0.15) is 13.2 Å². The van der Waals surface area contributed by atoms with Gasteiger partial charge >= 0.3 is 12.1 Å². The number of aliphatic carboxylic acids is 1. The molecule has 3 heterocycles. The molecular weight excluding hydrogens is 644 g/mol. The first kappa shape index (κ1) is 34.3. The summed E-state index contributed by atoms with van der Waals surface area (Å²) >= 11 is 0. The second-order valence-corrected chi connectivity index (χ2v) is 11.6.